The Balaban J connectivity index is 2.15. The van der Waals surface area contributed by atoms with Gasteiger partial charge in [0.05, 0.1) is 5.56 Å². The lowest BCUT2D eigenvalue weighted by Gasteiger charge is -1.98. The molecular weight excluding hydrogens is 192 g/mol. The molecule has 0 unspecified atom stereocenters. The first-order valence-corrected chi connectivity index (χ1v) is 4.34. The van der Waals surface area contributed by atoms with Gasteiger partial charge in [0.25, 0.3) is 0 Å². The normalized spacial score (nSPS) is 9.60. The van der Waals surface area contributed by atoms with Crippen molar-refractivity contribution >= 4 is 0 Å². The topological polar surface area (TPSA) is 74.6 Å². The molecule has 0 aliphatic heterocycles. The van der Waals surface area contributed by atoms with Crippen molar-refractivity contribution < 1.29 is 4.74 Å². The molecule has 0 spiro atoms. The second-order valence-corrected chi connectivity index (χ2v) is 2.99. The molecule has 0 aromatic carbocycles. The maximum Gasteiger partial charge on any atom is 0.240 e. The van der Waals surface area contributed by atoms with Crippen LogP contribution >= 0.6 is 0 Å². The highest BCUT2D eigenvalue weighted by atomic mass is 16.5. The maximum absolute atomic E-state index is 8.57. The van der Waals surface area contributed by atoms with E-state index in [0.29, 0.717) is 17.3 Å². The minimum atomic E-state index is 0.417. The zero-order valence-corrected chi connectivity index (χ0v) is 8.06. The molecule has 0 radical (unpaired) electrons. The molecule has 0 fully saturated rings. The molecule has 2 aromatic heterocycles. The molecule has 5 nitrogen and oxygen atoms in total. The predicted molar refractivity (Wildman–Crippen MR) is 52.4 cm³/mol. The minimum absolute atomic E-state index is 0.417. The number of rotatable bonds is 2. The molecule has 0 bridgehead atoms. The van der Waals surface area contributed by atoms with Crippen LogP contribution in [0.15, 0.2) is 24.4 Å². The van der Waals surface area contributed by atoms with E-state index in [0.717, 1.165) is 5.69 Å². The fourth-order valence-electron chi connectivity index (χ4n) is 1.06. The van der Waals surface area contributed by atoms with Gasteiger partial charge in [0.2, 0.25) is 11.8 Å². The lowest BCUT2D eigenvalue weighted by atomic mass is 10.3. The van der Waals surface area contributed by atoms with Crippen LogP contribution in [-0.2, 0) is 0 Å². The van der Waals surface area contributed by atoms with Crippen molar-refractivity contribution in [1.29, 1.82) is 5.26 Å². The Morgan fingerprint density at radius 2 is 2.27 bits per heavy atom. The number of aromatic amines is 1. The van der Waals surface area contributed by atoms with Gasteiger partial charge in [-0.3, -0.25) is 5.10 Å². The van der Waals surface area contributed by atoms with Crippen molar-refractivity contribution in [3.05, 3.63) is 35.7 Å². The Bertz CT molecular complexity index is 495. The number of hydrogen-bond acceptors (Lipinski definition) is 4. The smallest absolute Gasteiger partial charge is 0.240 e. The summed E-state index contributed by atoms with van der Waals surface area (Å²) in [4.78, 5) is 3.96. The van der Waals surface area contributed by atoms with Crippen LogP contribution in [-0.4, -0.2) is 15.2 Å². The first-order chi connectivity index (χ1) is 7.28. The van der Waals surface area contributed by atoms with Gasteiger partial charge >= 0.3 is 0 Å². The SMILES string of the molecule is Cc1cc(Oc2ccc(C#N)cn2)n[nH]1. The summed E-state index contributed by atoms with van der Waals surface area (Å²) in [6.07, 6.45) is 1.45. The fraction of sp³-hybridized carbons (Fsp3) is 0.100. The number of H-pyrrole nitrogens is 1. The van der Waals surface area contributed by atoms with Crippen molar-refractivity contribution in [3.63, 3.8) is 0 Å². The van der Waals surface area contributed by atoms with Crippen molar-refractivity contribution in [2.24, 2.45) is 0 Å². The first kappa shape index (κ1) is 9.21. The largest absolute Gasteiger partial charge is 0.419 e. The van der Waals surface area contributed by atoms with E-state index in [9.17, 15) is 0 Å². The Morgan fingerprint density at radius 1 is 1.40 bits per heavy atom. The van der Waals surface area contributed by atoms with Gasteiger partial charge in [0.15, 0.2) is 0 Å². The summed E-state index contributed by atoms with van der Waals surface area (Å²) in [5, 5.41) is 15.2. The van der Waals surface area contributed by atoms with Gasteiger partial charge in [0, 0.05) is 24.0 Å². The molecule has 0 saturated heterocycles. The zero-order chi connectivity index (χ0) is 10.7. The fourth-order valence-corrected chi connectivity index (χ4v) is 1.06. The summed E-state index contributed by atoms with van der Waals surface area (Å²) in [5.74, 6) is 0.880. The average Bonchev–Trinajstić information content (AvgIpc) is 2.65. The number of nitrogens with one attached hydrogen (secondary N) is 1. The van der Waals surface area contributed by atoms with E-state index in [1.165, 1.54) is 6.20 Å². The zero-order valence-electron chi connectivity index (χ0n) is 8.06. The van der Waals surface area contributed by atoms with Crippen molar-refractivity contribution in [2.75, 3.05) is 0 Å². The highest BCUT2D eigenvalue weighted by Gasteiger charge is 2.01. The molecule has 0 amide bonds. The summed E-state index contributed by atoms with van der Waals surface area (Å²) in [6, 6.07) is 7.01. The summed E-state index contributed by atoms with van der Waals surface area (Å²) in [6.45, 7) is 1.88. The third kappa shape index (κ3) is 2.11. The highest BCUT2D eigenvalue weighted by Crippen LogP contribution is 2.16. The molecular formula is C10H8N4O. The number of hydrogen-bond donors (Lipinski definition) is 1. The number of aromatic nitrogens is 3. The number of nitriles is 1. The molecule has 0 aliphatic carbocycles. The van der Waals surface area contributed by atoms with Gasteiger partial charge < -0.3 is 4.74 Å². The van der Waals surface area contributed by atoms with Crippen molar-refractivity contribution in [1.82, 2.24) is 15.2 Å². The van der Waals surface area contributed by atoms with Crippen molar-refractivity contribution in [3.8, 4) is 17.8 Å². The van der Waals surface area contributed by atoms with Crippen LogP contribution in [0.1, 0.15) is 11.3 Å². The van der Waals surface area contributed by atoms with Gasteiger partial charge in [0.1, 0.15) is 6.07 Å². The molecule has 2 heterocycles. The van der Waals surface area contributed by atoms with Crippen LogP contribution in [0.4, 0.5) is 0 Å². The van der Waals surface area contributed by atoms with Gasteiger partial charge in [-0.15, -0.1) is 5.10 Å². The van der Waals surface area contributed by atoms with E-state index in [1.54, 1.807) is 18.2 Å². The molecule has 2 aromatic rings. The predicted octanol–water partition coefficient (Wildman–Crippen LogP) is 1.78. The van der Waals surface area contributed by atoms with Gasteiger partial charge in [-0.2, -0.15) is 5.26 Å². The van der Waals surface area contributed by atoms with E-state index < -0.39 is 0 Å². The van der Waals surface area contributed by atoms with Crippen LogP contribution in [0, 0.1) is 18.3 Å². The second-order valence-electron chi connectivity index (χ2n) is 2.99. The van der Waals surface area contributed by atoms with E-state index in [4.69, 9.17) is 10.00 Å². The van der Waals surface area contributed by atoms with E-state index >= 15 is 0 Å². The van der Waals surface area contributed by atoms with Gasteiger partial charge in [-0.05, 0) is 13.0 Å². The summed E-state index contributed by atoms with van der Waals surface area (Å²) in [7, 11) is 0. The van der Waals surface area contributed by atoms with Crippen LogP contribution in [0.25, 0.3) is 0 Å². The molecule has 0 saturated carbocycles. The van der Waals surface area contributed by atoms with Crippen LogP contribution in [0.3, 0.4) is 0 Å². The molecule has 15 heavy (non-hydrogen) atoms. The van der Waals surface area contributed by atoms with E-state index in [2.05, 4.69) is 15.2 Å². The van der Waals surface area contributed by atoms with E-state index in [-0.39, 0.29) is 0 Å². The average molecular weight is 200 g/mol. The monoisotopic (exact) mass is 200 g/mol. The Kier molecular flexibility index (Phi) is 2.33. The third-order valence-corrected chi connectivity index (χ3v) is 1.76. The summed E-state index contributed by atoms with van der Waals surface area (Å²) < 4.78 is 5.34. The molecule has 0 aliphatic rings. The Morgan fingerprint density at radius 3 is 2.80 bits per heavy atom. The summed E-state index contributed by atoms with van der Waals surface area (Å²) in [5.41, 5.74) is 1.42. The Hall–Kier alpha value is -2.35. The van der Waals surface area contributed by atoms with Crippen molar-refractivity contribution in [2.45, 2.75) is 6.92 Å². The quantitative estimate of drug-likeness (QED) is 0.801. The maximum atomic E-state index is 8.57. The van der Waals surface area contributed by atoms with Crippen LogP contribution in [0.5, 0.6) is 11.8 Å². The van der Waals surface area contributed by atoms with Gasteiger partial charge in [-0.25, -0.2) is 4.98 Å². The number of ether oxygens (including phenoxy) is 1. The lowest BCUT2D eigenvalue weighted by molar-refractivity contribution is 0.443. The molecule has 5 heteroatoms. The molecule has 1 N–H and O–H groups in total. The Labute approximate surface area is 86.3 Å². The van der Waals surface area contributed by atoms with Gasteiger partial charge in [-0.1, -0.05) is 0 Å². The second kappa shape index (κ2) is 3.80. The van der Waals surface area contributed by atoms with E-state index in [1.807, 2.05) is 13.0 Å². The number of pyridine rings is 1. The lowest BCUT2D eigenvalue weighted by Crippen LogP contribution is -1.88. The number of aryl methyl sites for hydroxylation is 1. The standard InChI is InChI=1S/C10H8N4O/c1-7-4-10(14-13-7)15-9-3-2-8(5-11)6-12-9/h2-4,6H,1H3,(H,13,14). The summed E-state index contributed by atoms with van der Waals surface area (Å²) >= 11 is 0. The first-order valence-electron chi connectivity index (χ1n) is 4.34. The van der Waals surface area contributed by atoms with Crippen LogP contribution in [0.2, 0.25) is 0 Å². The molecule has 74 valence electrons. The molecule has 2 rings (SSSR count). The third-order valence-electron chi connectivity index (χ3n) is 1.76. The number of nitrogens with zero attached hydrogens (tertiary/aromatic N) is 3. The van der Waals surface area contributed by atoms with Crippen LogP contribution < -0.4 is 4.74 Å². The molecule has 0 atom stereocenters. The highest BCUT2D eigenvalue weighted by molar-refractivity contribution is 5.29. The minimum Gasteiger partial charge on any atom is -0.419 e.